The summed E-state index contributed by atoms with van der Waals surface area (Å²) in [6.07, 6.45) is 6.40. The van der Waals surface area contributed by atoms with E-state index < -0.39 is 0 Å². The fourth-order valence-corrected chi connectivity index (χ4v) is 5.58. The van der Waals surface area contributed by atoms with E-state index in [2.05, 4.69) is 22.1 Å². The molecule has 10 nitrogen and oxygen atoms in total. The van der Waals surface area contributed by atoms with Crippen molar-refractivity contribution in [2.24, 2.45) is 5.41 Å². The fraction of sp³-hybridized carbons (Fsp3) is 0.724. The standard InChI is InChI=1S/C29H45N5O5/c1-5-6-7-8-12-32-17-23-24(18-32)38-20-26(36)34-14-13-33(25(35)15-29(2,3)4)16-21(34)19-39-28-22(27(37)31-23)10-9-11-30-28/h9-11,21,23-24H,5-8,12-20H2,1-4H3,(H,31,37)/t21-,23+,24-/m0/s1. The van der Waals surface area contributed by atoms with Crippen molar-refractivity contribution in [3.8, 4) is 5.88 Å². The predicted molar refractivity (Wildman–Crippen MR) is 147 cm³/mol. The maximum absolute atomic E-state index is 13.4. The van der Waals surface area contributed by atoms with Gasteiger partial charge in [0.15, 0.2) is 0 Å². The van der Waals surface area contributed by atoms with Crippen molar-refractivity contribution < 1.29 is 23.9 Å². The molecule has 10 heteroatoms. The molecule has 3 amide bonds. The summed E-state index contributed by atoms with van der Waals surface area (Å²) in [7, 11) is 0. The molecule has 0 bridgehead atoms. The van der Waals surface area contributed by atoms with Gasteiger partial charge < -0.3 is 24.6 Å². The van der Waals surface area contributed by atoms with Crippen LogP contribution in [-0.2, 0) is 14.3 Å². The minimum Gasteiger partial charge on any atom is -0.475 e. The second-order valence-electron chi connectivity index (χ2n) is 12.2. The first kappa shape index (κ1) is 29.3. The Bertz CT molecular complexity index is 1010. The van der Waals surface area contributed by atoms with Gasteiger partial charge in [-0.25, -0.2) is 4.98 Å². The lowest BCUT2D eigenvalue weighted by Crippen LogP contribution is -2.59. The van der Waals surface area contributed by atoms with E-state index in [1.165, 1.54) is 19.3 Å². The Hall–Kier alpha value is -2.72. The topological polar surface area (TPSA) is 104 Å². The number of carbonyl (C=O) groups excluding carboxylic acids is 3. The molecule has 2 fully saturated rings. The number of amides is 3. The van der Waals surface area contributed by atoms with Gasteiger partial charge in [0.2, 0.25) is 17.7 Å². The number of pyridine rings is 1. The van der Waals surface area contributed by atoms with Gasteiger partial charge in [-0.15, -0.1) is 0 Å². The number of hydrogen-bond donors (Lipinski definition) is 1. The summed E-state index contributed by atoms with van der Waals surface area (Å²) in [6, 6.07) is 2.80. The maximum atomic E-state index is 13.4. The van der Waals surface area contributed by atoms with Gasteiger partial charge in [-0.1, -0.05) is 47.0 Å². The number of likely N-dealkylation sites (tertiary alicyclic amines) is 1. The van der Waals surface area contributed by atoms with Gasteiger partial charge in [-0.2, -0.15) is 0 Å². The number of hydrogen-bond acceptors (Lipinski definition) is 7. The first-order chi connectivity index (χ1) is 18.6. The summed E-state index contributed by atoms with van der Waals surface area (Å²) >= 11 is 0. The Labute approximate surface area is 232 Å². The highest BCUT2D eigenvalue weighted by molar-refractivity contribution is 5.96. The van der Waals surface area contributed by atoms with Gasteiger partial charge in [0, 0.05) is 45.3 Å². The molecule has 0 spiro atoms. The molecule has 0 unspecified atom stereocenters. The smallest absolute Gasteiger partial charge is 0.257 e. The summed E-state index contributed by atoms with van der Waals surface area (Å²) in [5.41, 5.74) is 0.225. The highest BCUT2D eigenvalue weighted by Gasteiger charge is 2.38. The number of unbranched alkanes of at least 4 members (excludes halogenated alkanes) is 3. The summed E-state index contributed by atoms with van der Waals surface area (Å²) in [4.78, 5) is 50.0. The van der Waals surface area contributed by atoms with E-state index in [1.807, 2.05) is 25.7 Å². The predicted octanol–water partition coefficient (Wildman–Crippen LogP) is 2.33. The second kappa shape index (κ2) is 13.1. The van der Waals surface area contributed by atoms with Crippen molar-refractivity contribution in [2.75, 3.05) is 52.5 Å². The fourth-order valence-electron chi connectivity index (χ4n) is 5.58. The first-order valence-corrected chi connectivity index (χ1v) is 14.4. The average molecular weight is 544 g/mol. The van der Waals surface area contributed by atoms with E-state index >= 15 is 0 Å². The number of ether oxygens (including phenoxy) is 2. The van der Waals surface area contributed by atoms with Crippen molar-refractivity contribution in [1.29, 1.82) is 0 Å². The molecule has 3 aliphatic rings. The molecule has 4 heterocycles. The molecule has 216 valence electrons. The molecule has 0 aliphatic carbocycles. The third kappa shape index (κ3) is 7.91. The van der Waals surface area contributed by atoms with Crippen LogP contribution in [0.15, 0.2) is 18.3 Å². The van der Waals surface area contributed by atoms with E-state index in [0.29, 0.717) is 44.7 Å². The molecular formula is C29H45N5O5. The Balaban J connectivity index is 1.52. The molecule has 3 aliphatic heterocycles. The van der Waals surface area contributed by atoms with Crippen LogP contribution in [0, 0.1) is 5.41 Å². The van der Waals surface area contributed by atoms with Gasteiger partial charge in [0.25, 0.3) is 5.91 Å². The van der Waals surface area contributed by atoms with Gasteiger partial charge in [-0.05, 0) is 30.5 Å². The molecule has 0 saturated carbocycles. The molecule has 4 rings (SSSR count). The third-order valence-electron chi connectivity index (χ3n) is 7.67. The molecule has 1 aromatic rings. The Morgan fingerprint density at radius 1 is 1.13 bits per heavy atom. The Morgan fingerprint density at radius 2 is 1.95 bits per heavy atom. The van der Waals surface area contributed by atoms with Crippen LogP contribution in [0.5, 0.6) is 5.88 Å². The van der Waals surface area contributed by atoms with Crippen LogP contribution in [0.4, 0.5) is 0 Å². The second-order valence-corrected chi connectivity index (χ2v) is 12.2. The molecule has 0 radical (unpaired) electrons. The monoisotopic (exact) mass is 543 g/mol. The van der Waals surface area contributed by atoms with Gasteiger partial charge in [-0.3, -0.25) is 19.3 Å². The van der Waals surface area contributed by atoms with Gasteiger partial charge >= 0.3 is 0 Å². The highest BCUT2D eigenvalue weighted by atomic mass is 16.5. The molecule has 2 saturated heterocycles. The molecule has 39 heavy (non-hydrogen) atoms. The van der Waals surface area contributed by atoms with Crippen molar-refractivity contribution in [3.63, 3.8) is 0 Å². The van der Waals surface area contributed by atoms with Crippen LogP contribution in [0.3, 0.4) is 0 Å². The third-order valence-corrected chi connectivity index (χ3v) is 7.67. The van der Waals surface area contributed by atoms with Gasteiger partial charge in [0.1, 0.15) is 18.8 Å². The van der Waals surface area contributed by atoms with Gasteiger partial charge in [0.05, 0.1) is 18.2 Å². The SMILES string of the molecule is CCCCCCN1C[C@@H]2OCC(=O)N3CCN(C(=O)CC(C)(C)C)C[C@H]3COc3ncccc3C(=O)N[C@@H]2C1. The Morgan fingerprint density at radius 3 is 2.72 bits per heavy atom. The number of fused-ring (bicyclic) bond motifs is 3. The number of nitrogens with zero attached hydrogens (tertiary/aromatic N) is 4. The number of carbonyl (C=O) groups is 3. The van der Waals surface area contributed by atoms with Crippen LogP contribution in [0.2, 0.25) is 0 Å². The lowest BCUT2D eigenvalue weighted by atomic mass is 9.91. The zero-order chi connectivity index (χ0) is 28.0. The van der Waals surface area contributed by atoms with Crippen molar-refractivity contribution >= 4 is 17.7 Å². The molecule has 1 N–H and O–H groups in total. The van der Waals surface area contributed by atoms with E-state index in [4.69, 9.17) is 9.47 Å². The van der Waals surface area contributed by atoms with Crippen LogP contribution in [0.25, 0.3) is 0 Å². The average Bonchev–Trinajstić information content (AvgIpc) is 3.28. The van der Waals surface area contributed by atoms with E-state index in [0.717, 1.165) is 13.0 Å². The van der Waals surface area contributed by atoms with E-state index in [1.54, 1.807) is 23.2 Å². The summed E-state index contributed by atoms with van der Waals surface area (Å²) in [5.74, 6) is -0.0951. The minimum atomic E-state index is -0.369. The van der Waals surface area contributed by atoms with Crippen LogP contribution in [0.1, 0.15) is 70.2 Å². The first-order valence-electron chi connectivity index (χ1n) is 14.4. The quantitative estimate of drug-likeness (QED) is 0.549. The zero-order valence-corrected chi connectivity index (χ0v) is 24.0. The number of piperazine rings is 1. The van der Waals surface area contributed by atoms with E-state index in [-0.39, 0.29) is 60.4 Å². The largest absolute Gasteiger partial charge is 0.475 e. The maximum Gasteiger partial charge on any atom is 0.257 e. The normalized spacial score (nSPS) is 24.9. The van der Waals surface area contributed by atoms with Crippen molar-refractivity contribution in [2.45, 2.75) is 78.0 Å². The number of nitrogens with one attached hydrogen (secondary N) is 1. The summed E-state index contributed by atoms with van der Waals surface area (Å²) < 4.78 is 12.3. The van der Waals surface area contributed by atoms with E-state index in [9.17, 15) is 14.4 Å². The van der Waals surface area contributed by atoms with Crippen LogP contribution >= 0.6 is 0 Å². The lowest BCUT2D eigenvalue weighted by Gasteiger charge is -2.42. The Kier molecular flexibility index (Phi) is 9.82. The molecule has 0 aromatic carbocycles. The summed E-state index contributed by atoms with van der Waals surface area (Å²) in [5, 5.41) is 3.12. The number of rotatable bonds is 6. The van der Waals surface area contributed by atoms with Crippen LogP contribution in [-0.4, -0.2) is 108 Å². The lowest BCUT2D eigenvalue weighted by molar-refractivity contribution is -0.149. The molecule has 3 atom stereocenters. The minimum absolute atomic E-state index is 0.0690. The van der Waals surface area contributed by atoms with Crippen LogP contribution < -0.4 is 10.1 Å². The molecule has 1 aromatic heterocycles. The highest BCUT2D eigenvalue weighted by Crippen LogP contribution is 2.24. The number of aromatic nitrogens is 1. The summed E-state index contributed by atoms with van der Waals surface area (Å²) in [6.45, 7) is 11.9. The van der Waals surface area contributed by atoms with Crippen molar-refractivity contribution in [1.82, 2.24) is 25.0 Å². The zero-order valence-electron chi connectivity index (χ0n) is 24.0. The molecular weight excluding hydrogens is 498 g/mol. The van der Waals surface area contributed by atoms with Crippen molar-refractivity contribution in [3.05, 3.63) is 23.9 Å².